The van der Waals surface area contributed by atoms with Crippen LogP contribution < -0.4 is 4.90 Å². The molecule has 10 nitrogen and oxygen atoms in total. The summed E-state index contributed by atoms with van der Waals surface area (Å²) in [5.41, 5.74) is 0.808. The van der Waals surface area contributed by atoms with Gasteiger partial charge in [-0.3, -0.25) is 19.3 Å². The van der Waals surface area contributed by atoms with E-state index in [1.807, 2.05) is 12.1 Å². The standard InChI is InChI=1S/C20H22N6O4/c27-16-5-6-17(28)26(16)12-18(29)25-9-7-24(8-10-25)15-4-3-14(11-21-15)19-22-20(30-23-19)13-1-2-13/h3-4,11,13H,1-2,5-10,12H2. The average molecular weight is 410 g/mol. The molecule has 0 atom stereocenters. The molecule has 0 N–H and O–H groups in total. The number of carbonyl (C=O) groups excluding carboxylic acids is 3. The number of carbonyl (C=O) groups is 3. The highest BCUT2D eigenvalue weighted by molar-refractivity contribution is 6.04. The molecule has 4 heterocycles. The number of hydrogen-bond donors (Lipinski definition) is 0. The van der Waals surface area contributed by atoms with Crippen molar-refractivity contribution in [3.05, 3.63) is 24.2 Å². The van der Waals surface area contributed by atoms with Gasteiger partial charge >= 0.3 is 0 Å². The number of piperazine rings is 1. The van der Waals surface area contributed by atoms with Crippen LogP contribution in [0.2, 0.25) is 0 Å². The highest BCUT2D eigenvalue weighted by Gasteiger charge is 2.33. The second kappa shape index (κ2) is 7.51. The monoisotopic (exact) mass is 410 g/mol. The Morgan fingerprint density at radius 1 is 1.07 bits per heavy atom. The van der Waals surface area contributed by atoms with Crippen LogP contribution in [-0.2, 0) is 14.4 Å². The normalized spacial score (nSPS) is 19.7. The van der Waals surface area contributed by atoms with Gasteiger partial charge < -0.3 is 14.3 Å². The van der Waals surface area contributed by atoms with Gasteiger partial charge in [-0.25, -0.2) is 4.98 Å². The van der Waals surface area contributed by atoms with E-state index < -0.39 is 0 Å². The molecule has 2 aliphatic heterocycles. The maximum atomic E-state index is 12.5. The molecule has 0 unspecified atom stereocenters. The van der Waals surface area contributed by atoms with E-state index in [-0.39, 0.29) is 37.1 Å². The van der Waals surface area contributed by atoms with Gasteiger partial charge in [0, 0.05) is 56.7 Å². The summed E-state index contributed by atoms with van der Waals surface area (Å²) in [6.45, 7) is 2.16. The smallest absolute Gasteiger partial charge is 0.242 e. The second-order valence-electron chi connectivity index (χ2n) is 7.88. The van der Waals surface area contributed by atoms with Gasteiger partial charge in [0.25, 0.3) is 0 Å². The quantitative estimate of drug-likeness (QED) is 0.666. The fraction of sp³-hybridized carbons (Fsp3) is 0.500. The Kier molecular flexibility index (Phi) is 4.68. The summed E-state index contributed by atoms with van der Waals surface area (Å²) in [5.74, 6) is 1.78. The van der Waals surface area contributed by atoms with Gasteiger partial charge in [-0.15, -0.1) is 0 Å². The van der Waals surface area contributed by atoms with Crippen molar-refractivity contribution in [1.82, 2.24) is 24.9 Å². The Bertz CT molecular complexity index is 959. The van der Waals surface area contributed by atoms with Crippen LogP contribution >= 0.6 is 0 Å². The van der Waals surface area contributed by atoms with E-state index in [0.29, 0.717) is 43.8 Å². The predicted octanol–water partition coefficient (Wildman–Crippen LogP) is 0.807. The minimum Gasteiger partial charge on any atom is -0.353 e. The van der Waals surface area contributed by atoms with Gasteiger partial charge in [-0.2, -0.15) is 4.98 Å². The maximum absolute atomic E-state index is 12.5. The number of likely N-dealkylation sites (tertiary alicyclic amines) is 1. The Labute approximate surface area is 172 Å². The Balaban J connectivity index is 1.16. The van der Waals surface area contributed by atoms with Gasteiger partial charge in [-0.1, -0.05) is 5.16 Å². The number of hydrogen-bond acceptors (Lipinski definition) is 8. The molecule has 10 heteroatoms. The van der Waals surface area contributed by atoms with Gasteiger partial charge in [0.1, 0.15) is 12.4 Å². The zero-order chi connectivity index (χ0) is 20.7. The molecular weight excluding hydrogens is 388 g/mol. The SMILES string of the molecule is O=C(CN1C(=O)CCC1=O)N1CCN(c2ccc(-c3noc(C4CC4)n3)cn2)CC1. The maximum Gasteiger partial charge on any atom is 0.242 e. The molecule has 30 heavy (non-hydrogen) atoms. The first kappa shape index (κ1) is 18.7. The van der Waals surface area contributed by atoms with E-state index in [1.165, 1.54) is 0 Å². The van der Waals surface area contributed by atoms with Gasteiger partial charge in [0.2, 0.25) is 29.4 Å². The summed E-state index contributed by atoms with van der Waals surface area (Å²) >= 11 is 0. The molecule has 0 radical (unpaired) electrons. The van der Waals surface area contributed by atoms with Crippen molar-refractivity contribution in [3.8, 4) is 11.4 Å². The number of rotatable bonds is 5. The highest BCUT2D eigenvalue weighted by atomic mass is 16.5. The van der Waals surface area contributed by atoms with Crippen LogP contribution in [0.5, 0.6) is 0 Å². The fourth-order valence-electron chi connectivity index (χ4n) is 3.77. The van der Waals surface area contributed by atoms with Crippen molar-refractivity contribution >= 4 is 23.5 Å². The Morgan fingerprint density at radius 2 is 1.80 bits per heavy atom. The summed E-state index contributed by atoms with van der Waals surface area (Å²) in [5, 5.41) is 4.04. The number of amides is 3. The third kappa shape index (κ3) is 3.64. The third-order valence-electron chi connectivity index (χ3n) is 5.78. The lowest BCUT2D eigenvalue weighted by Gasteiger charge is -2.36. The van der Waals surface area contributed by atoms with Gasteiger partial charge in [0.15, 0.2) is 0 Å². The number of pyridine rings is 1. The summed E-state index contributed by atoms with van der Waals surface area (Å²) in [6, 6.07) is 3.84. The van der Waals surface area contributed by atoms with Crippen molar-refractivity contribution in [2.45, 2.75) is 31.6 Å². The molecule has 3 amide bonds. The number of anilines is 1. The first-order chi connectivity index (χ1) is 14.6. The van der Waals surface area contributed by atoms with Crippen LogP contribution in [0.25, 0.3) is 11.4 Å². The Morgan fingerprint density at radius 3 is 2.43 bits per heavy atom. The zero-order valence-corrected chi connectivity index (χ0v) is 16.5. The van der Waals surface area contributed by atoms with Gasteiger partial charge in [-0.05, 0) is 25.0 Å². The first-order valence-corrected chi connectivity index (χ1v) is 10.2. The molecule has 2 saturated heterocycles. The summed E-state index contributed by atoms with van der Waals surface area (Å²) in [4.78, 5) is 49.7. The van der Waals surface area contributed by atoms with Crippen LogP contribution in [-0.4, -0.2) is 75.4 Å². The lowest BCUT2D eigenvalue weighted by molar-refractivity contribution is -0.145. The summed E-state index contributed by atoms with van der Waals surface area (Å²) in [6.07, 6.45) is 4.36. The van der Waals surface area contributed by atoms with E-state index >= 15 is 0 Å². The molecule has 1 aliphatic carbocycles. The molecule has 0 aromatic carbocycles. The van der Waals surface area contributed by atoms with E-state index in [9.17, 15) is 14.4 Å². The minimum atomic E-state index is -0.262. The van der Waals surface area contributed by atoms with Crippen molar-refractivity contribution in [1.29, 1.82) is 0 Å². The van der Waals surface area contributed by atoms with Crippen molar-refractivity contribution < 1.29 is 18.9 Å². The van der Waals surface area contributed by atoms with E-state index in [1.54, 1.807) is 11.1 Å². The topological polar surface area (TPSA) is 113 Å². The van der Waals surface area contributed by atoms with Crippen LogP contribution in [0.15, 0.2) is 22.9 Å². The Hall–Kier alpha value is -3.30. The molecule has 5 rings (SSSR count). The summed E-state index contributed by atoms with van der Waals surface area (Å²) in [7, 11) is 0. The lowest BCUT2D eigenvalue weighted by Crippen LogP contribution is -2.52. The molecule has 156 valence electrons. The van der Waals surface area contributed by atoms with E-state index in [4.69, 9.17) is 4.52 Å². The average Bonchev–Trinajstić information content (AvgIpc) is 3.43. The largest absolute Gasteiger partial charge is 0.353 e. The van der Waals surface area contributed by atoms with Crippen LogP contribution in [0.3, 0.4) is 0 Å². The molecule has 3 fully saturated rings. The predicted molar refractivity (Wildman–Crippen MR) is 104 cm³/mol. The molecule has 0 bridgehead atoms. The molecular formula is C20H22N6O4. The van der Waals surface area contributed by atoms with Crippen LogP contribution in [0, 0.1) is 0 Å². The van der Waals surface area contributed by atoms with Crippen LogP contribution in [0.4, 0.5) is 5.82 Å². The van der Waals surface area contributed by atoms with Gasteiger partial charge in [0.05, 0.1) is 0 Å². The van der Waals surface area contributed by atoms with Crippen molar-refractivity contribution in [2.75, 3.05) is 37.6 Å². The van der Waals surface area contributed by atoms with Crippen molar-refractivity contribution in [2.24, 2.45) is 0 Å². The molecule has 2 aromatic heterocycles. The number of imide groups is 1. The molecule has 0 spiro atoms. The number of nitrogens with zero attached hydrogens (tertiary/aromatic N) is 6. The molecule has 3 aliphatic rings. The second-order valence-corrected chi connectivity index (χ2v) is 7.88. The van der Waals surface area contributed by atoms with Crippen molar-refractivity contribution in [3.63, 3.8) is 0 Å². The van der Waals surface area contributed by atoms with Crippen LogP contribution in [0.1, 0.15) is 37.5 Å². The number of aromatic nitrogens is 3. The molecule has 1 saturated carbocycles. The third-order valence-corrected chi connectivity index (χ3v) is 5.78. The highest BCUT2D eigenvalue weighted by Crippen LogP contribution is 2.39. The summed E-state index contributed by atoms with van der Waals surface area (Å²) < 4.78 is 5.30. The lowest BCUT2D eigenvalue weighted by atomic mass is 10.2. The molecule has 2 aromatic rings. The first-order valence-electron chi connectivity index (χ1n) is 10.2. The van der Waals surface area contributed by atoms with E-state index in [0.717, 1.165) is 29.1 Å². The zero-order valence-electron chi connectivity index (χ0n) is 16.5. The van der Waals surface area contributed by atoms with E-state index in [2.05, 4.69) is 20.0 Å². The minimum absolute atomic E-state index is 0.155. The fourth-order valence-corrected chi connectivity index (χ4v) is 3.77.